The Morgan fingerprint density at radius 3 is 2.69 bits per heavy atom. The molecule has 2 amide bonds. The number of carbonyl (C=O) groups is 3. The molecule has 2 atom stereocenters. The molecular formula is C18H13F3N6O6S2. The van der Waals surface area contributed by atoms with Gasteiger partial charge in [0.05, 0.1) is 0 Å². The Bertz CT molecular complexity index is 1300. The van der Waals surface area contributed by atoms with E-state index >= 15 is 0 Å². The molecule has 0 aromatic carbocycles. The number of carbonyl (C=O) groups excluding carboxylic acids is 2. The lowest BCUT2D eigenvalue weighted by Crippen LogP contribution is -2.71. The summed E-state index contributed by atoms with van der Waals surface area (Å²) in [6.07, 6.45) is -2.38. The van der Waals surface area contributed by atoms with Gasteiger partial charge in [0, 0.05) is 17.2 Å². The van der Waals surface area contributed by atoms with Gasteiger partial charge in [-0.1, -0.05) is 16.4 Å². The molecule has 0 saturated carbocycles. The number of nitrogens with one attached hydrogen (secondary N) is 1. The number of amides is 2. The highest BCUT2D eigenvalue weighted by atomic mass is 32.2. The molecule has 12 nitrogen and oxygen atoms in total. The van der Waals surface area contributed by atoms with Crippen LogP contribution in [0.1, 0.15) is 17.1 Å². The molecule has 0 bridgehead atoms. The molecular weight excluding hydrogens is 517 g/mol. The number of anilines is 1. The van der Waals surface area contributed by atoms with Crippen LogP contribution in [0.4, 0.5) is 18.3 Å². The van der Waals surface area contributed by atoms with E-state index < -0.39 is 46.8 Å². The molecule has 17 heteroatoms. The summed E-state index contributed by atoms with van der Waals surface area (Å²) in [6.45, 7) is 0. The summed E-state index contributed by atoms with van der Waals surface area (Å²) in [6, 6.07) is -0.476. The maximum atomic E-state index is 12.7. The normalized spacial score (nSPS) is 20.7. The molecule has 2 unspecified atom stereocenters. The lowest BCUT2D eigenvalue weighted by atomic mass is 10.0. The Balaban J connectivity index is 1.51. The van der Waals surface area contributed by atoms with Gasteiger partial charge < -0.3 is 25.9 Å². The Kier molecular flexibility index (Phi) is 6.28. The zero-order valence-electron chi connectivity index (χ0n) is 17.0. The number of aliphatic carboxylic acids is 1. The number of alkyl halides is 3. The summed E-state index contributed by atoms with van der Waals surface area (Å²) in [7, 11) is 0. The average molecular weight is 530 g/mol. The van der Waals surface area contributed by atoms with E-state index in [1.807, 2.05) is 0 Å². The number of nitrogens with two attached hydrogens (primary N) is 1. The number of fused-ring (bicyclic) bond motifs is 1. The number of rotatable bonds is 6. The maximum Gasteiger partial charge on any atom is 0.436 e. The number of hydrogen-bond acceptors (Lipinski definition) is 11. The number of aromatic nitrogens is 2. The van der Waals surface area contributed by atoms with Crippen LogP contribution in [0.5, 0.6) is 0 Å². The summed E-state index contributed by atoms with van der Waals surface area (Å²) >= 11 is 2.12. The first-order valence-electron chi connectivity index (χ1n) is 9.38. The number of hydrogen-bond donors (Lipinski definition) is 4. The van der Waals surface area contributed by atoms with Crippen molar-refractivity contribution >= 4 is 57.8 Å². The van der Waals surface area contributed by atoms with E-state index in [4.69, 9.17) is 5.73 Å². The quantitative estimate of drug-likeness (QED) is 0.184. The topological polar surface area (TPSA) is 184 Å². The lowest BCUT2D eigenvalue weighted by molar-refractivity contribution is -0.150. The van der Waals surface area contributed by atoms with Crippen molar-refractivity contribution in [2.75, 3.05) is 11.5 Å². The van der Waals surface area contributed by atoms with Crippen LogP contribution < -0.4 is 11.1 Å². The maximum absolute atomic E-state index is 12.7. The third kappa shape index (κ3) is 4.59. The van der Waals surface area contributed by atoms with Gasteiger partial charge in [0.1, 0.15) is 22.8 Å². The third-order valence-electron chi connectivity index (χ3n) is 4.83. The number of thiazole rings is 1. The van der Waals surface area contributed by atoms with Crippen LogP contribution in [-0.4, -0.2) is 66.0 Å². The summed E-state index contributed by atoms with van der Waals surface area (Å²) in [5.41, 5.74) is 3.52. The van der Waals surface area contributed by atoms with Crippen LogP contribution in [0.25, 0.3) is 6.08 Å². The Morgan fingerprint density at radius 2 is 2.11 bits per heavy atom. The second kappa shape index (κ2) is 9.06. The van der Waals surface area contributed by atoms with Crippen molar-refractivity contribution in [3.63, 3.8) is 0 Å². The first-order chi connectivity index (χ1) is 16.5. The molecule has 0 radical (unpaired) electrons. The van der Waals surface area contributed by atoms with Crippen LogP contribution in [-0.2, 0) is 20.6 Å². The van der Waals surface area contributed by atoms with Gasteiger partial charge in [-0.15, -0.1) is 23.1 Å². The van der Waals surface area contributed by atoms with Crippen LogP contribution in [0.15, 0.2) is 38.5 Å². The summed E-state index contributed by atoms with van der Waals surface area (Å²) in [5, 5.41) is 27.8. The van der Waals surface area contributed by atoms with Crippen molar-refractivity contribution in [2.24, 2.45) is 5.16 Å². The first-order valence-corrected chi connectivity index (χ1v) is 11.3. The molecule has 4 rings (SSSR count). The summed E-state index contributed by atoms with van der Waals surface area (Å²) < 4.78 is 42.6. The second-order valence-electron chi connectivity index (χ2n) is 7.01. The van der Waals surface area contributed by atoms with Crippen LogP contribution >= 0.6 is 23.1 Å². The van der Waals surface area contributed by atoms with E-state index in [2.05, 4.69) is 25.1 Å². The van der Waals surface area contributed by atoms with Gasteiger partial charge in [-0.05, 0) is 11.6 Å². The number of carboxylic acids is 1. The highest BCUT2D eigenvalue weighted by Gasteiger charge is 2.54. The number of nitrogens with zero attached hydrogens (tertiary/aromatic N) is 4. The van der Waals surface area contributed by atoms with Crippen LogP contribution in [0, 0.1) is 0 Å². The van der Waals surface area contributed by atoms with Gasteiger partial charge in [0.2, 0.25) is 0 Å². The molecule has 1 saturated heterocycles. The van der Waals surface area contributed by atoms with Crippen LogP contribution in [0.2, 0.25) is 0 Å². The Hall–Kier alpha value is -3.86. The third-order valence-corrected chi connectivity index (χ3v) is 6.81. The first kappa shape index (κ1) is 24.3. The fraction of sp³-hybridized carbons (Fsp3) is 0.222. The minimum atomic E-state index is -4.70. The van der Waals surface area contributed by atoms with Gasteiger partial charge >= 0.3 is 12.1 Å². The van der Waals surface area contributed by atoms with Crippen molar-refractivity contribution in [1.82, 2.24) is 20.4 Å². The molecule has 4 heterocycles. The second-order valence-corrected chi connectivity index (χ2v) is 9.00. The number of nitrogen functional groups attached to an aromatic ring is 1. The van der Waals surface area contributed by atoms with Crippen molar-refractivity contribution in [3.05, 3.63) is 45.9 Å². The molecule has 2 aromatic heterocycles. The van der Waals surface area contributed by atoms with Crippen molar-refractivity contribution in [2.45, 2.75) is 17.6 Å². The molecule has 184 valence electrons. The SMILES string of the molecule is Nc1nc(/C(=N/O)C(=O)NC2C(=O)N3C(C(=O)O)=C(/C=C/c4cc(C(F)(F)F)no4)CSC23)cs1. The fourth-order valence-electron chi connectivity index (χ4n) is 3.27. The zero-order valence-corrected chi connectivity index (χ0v) is 18.6. The molecule has 2 aromatic rings. The van der Waals surface area contributed by atoms with Gasteiger partial charge in [-0.25, -0.2) is 9.78 Å². The molecule has 0 aliphatic carbocycles. The van der Waals surface area contributed by atoms with Gasteiger partial charge in [-0.2, -0.15) is 13.2 Å². The molecule has 0 spiro atoms. The number of β-lactam (4-membered cyclic amide) rings is 1. The molecule has 2 aliphatic rings. The predicted molar refractivity (Wildman–Crippen MR) is 115 cm³/mol. The van der Waals surface area contributed by atoms with E-state index in [1.54, 1.807) is 0 Å². The number of oxime groups is 1. The van der Waals surface area contributed by atoms with E-state index in [0.717, 1.165) is 34.1 Å². The van der Waals surface area contributed by atoms with Gasteiger partial charge in [-0.3, -0.25) is 14.5 Å². The monoisotopic (exact) mass is 530 g/mol. The molecule has 35 heavy (non-hydrogen) atoms. The van der Waals surface area contributed by atoms with E-state index in [-0.39, 0.29) is 33.6 Å². The van der Waals surface area contributed by atoms with E-state index in [1.165, 1.54) is 11.5 Å². The van der Waals surface area contributed by atoms with Gasteiger partial charge in [0.25, 0.3) is 11.8 Å². The van der Waals surface area contributed by atoms with Crippen molar-refractivity contribution < 1.29 is 42.4 Å². The minimum absolute atomic E-state index is 0.00735. The summed E-state index contributed by atoms with van der Waals surface area (Å²) in [4.78, 5) is 41.9. The Labute approximate surface area is 200 Å². The molecule has 5 N–H and O–H groups in total. The van der Waals surface area contributed by atoms with Gasteiger partial charge in [0.15, 0.2) is 22.3 Å². The van der Waals surface area contributed by atoms with E-state index in [0.29, 0.717) is 6.07 Å². The number of allylic oxidation sites excluding steroid dienone is 1. The van der Waals surface area contributed by atoms with Crippen LogP contribution in [0.3, 0.4) is 0 Å². The smallest absolute Gasteiger partial charge is 0.436 e. The predicted octanol–water partition coefficient (Wildman–Crippen LogP) is 1.36. The lowest BCUT2D eigenvalue weighted by Gasteiger charge is -2.49. The average Bonchev–Trinajstić information content (AvgIpc) is 3.45. The van der Waals surface area contributed by atoms with Crippen molar-refractivity contribution in [3.8, 4) is 0 Å². The van der Waals surface area contributed by atoms with Crippen molar-refractivity contribution in [1.29, 1.82) is 0 Å². The molecule has 1 fully saturated rings. The standard InChI is InChI=1S/C18H13F3N6O6S2/c19-18(20,21)9-3-7(33-26-9)2-1-6-4-34-15-11(14(29)27(15)12(6)16(30)31)24-13(28)10(25-32)8-5-35-17(22)23-8/h1-3,5,11,15,32H,4H2,(H2,22,23)(H,24,28)(H,30,31)/b2-1+,25-10-. The summed E-state index contributed by atoms with van der Waals surface area (Å²) in [5.74, 6) is -3.32. The number of thioether (sulfide) groups is 1. The highest BCUT2D eigenvalue weighted by Crippen LogP contribution is 2.41. The Morgan fingerprint density at radius 1 is 1.37 bits per heavy atom. The van der Waals surface area contributed by atoms with E-state index in [9.17, 15) is 37.9 Å². The zero-order chi connectivity index (χ0) is 25.5. The molecule has 2 aliphatic heterocycles. The minimum Gasteiger partial charge on any atom is -0.477 e. The number of carboxylic acid groups (broad SMARTS) is 1. The highest BCUT2D eigenvalue weighted by molar-refractivity contribution is 8.00. The number of halogens is 3. The fourth-order valence-corrected chi connectivity index (χ4v) is 5.14. The largest absolute Gasteiger partial charge is 0.477 e.